The molecule has 0 radical (unpaired) electrons. The Balaban J connectivity index is 2.29. The summed E-state index contributed by atoms with van der Waals surface area (Å²) in [6.07, 6.45) is 0.590. The molecule has 1 aromatic heterocycles. The number of carbonyl (C=O) groups is 1. The SMILES string of the molecule is CCOc1ccc2ccccc2c1-c1nc(CC)c(C(=O)O)s1. The van der Waals surface area contributed by atoms with E-state index in [9.17, 15) is 9.90 Å². The Kier molecular flexibility index (Phi) is 4.30. The van der Waals surface area contributed by atoms with E-state index in [1.54, 1.807) is 0 Å². The fourth-order valence-corrected chi connectivity index (χ4v) is 3.67. The van der Waals surface area contributed by atoms with Gasteiger partial charge in [0.2, 0.25) is 0 Å². The highest BCUT2D eigenvalue weighted by molar-refractivity contribution is 7.17. The summed E-state index contributed by atoms with van der Waals surface area (Å²) >= 11 is 1.21. The Labute approximate surface area is 138 Å². The van der Waals surface area contributed by atoms with Crippen LogP contribution in [0.3, 0.4) is 0 Å². The second-order valence-corrected chi connectivity index (χ2v) is 6.05. The summed E-state index contributed by atoms with van der Waals surface area (Å²) in [5, 5.41) is 12.2. The second-order valence-electron chi connectivity index (χ2n) is 5.05. The van der Waals surface area contributed by atoms with E-state index in [1.807, 2.05) is 50.2 Å². The maximum atomic E-state index is 11.4. The van der Waals surface area contributed by atoms with Crippen molar-refractivity contribution < 1.29 is 14.6 Å². The molecule has 4 nitrogen and oxygen atoms in total. The first kappa shape index (κ1) is 15.5. The van der Waals surface area contributed by atoms with Gasteiger partial charge in [-0.05, 0) is 30.2 Å². The van der Waals surface area contributed by atoms with Crippen LogP contribution in [-0.4, -0.2) is 22.7 Å². The van der Waals surface area contributed by atoms with Gasteiger partial charge in [0.05, 0.1) is 17.9 Å². The molecule has 0 fully saturated rings. The molecule has 0 atom stereocenters. The van der Waals surface area contributed by atoms with E-state index in [0.717, 1.165) is 22.1 Å². The van der Waals surface area contributed by atoms with Crippen LogP contribution in [0.25, 0.3) is 21.3 Å². The highest BCUT2D eigenvalue weighted by atomic mass is 32.1. The van der Waals surface area contributed by atoms with E-state index in [4.69, 9.17) is 4.74 Å². The lowest BCUT2D eigenvalue weighted by Gasteiger charge is -2.11. The smallest absolute Gasteiger partial charge is 0.347 e. The summed E-state index contributed by atoms with van der Waals surface area (Å²) in [4.78, 5) is 16.3. The van der Waals surface area contributed by atoms with E-state index < -0.39 is 5.97 Å². The number of aromatic nitrogens is 1. The van der Waals surface area contributed by atoms with Gasteiger partial charge in [0.25, 0.3) is 0 Å². The number of benzene rings is 2. The number of thiazole rings is 1. The van der Waals surface area contributed by atoms with Crippen LogP contribution in [0.1, 0.15) is 29.2 Å². The Morgan fingerprint density at radius 1 is 1.22 bits per heavy atom. The van der Waals surface area contributed by atoms with Crippen molar-refractivity contribution >= 4 is 28.1 Å². The van der Waals surface area contributed by atoms with Crippen LogP contribution in [0, 0.1) is 0 Å². The second kappa shape index (κ2) is 6.38. The van der Waals surface area contributed by atoms with Crippen molar-refractivity contribution in [3.05, 3.63) is 47.0 Å². The number of aryl methyl sites for hydroxylation is 1. The molecule has 0 unspecified atom stereocenters. The number of rotatable bonds is 5. The number of nitrogens with zero attached hydrogens (tertiary/aromatic N) is 1. The van der Waals surface area contributed by atoms with Crippen LogP contribution >= 0.6 is 11.3 Å². The van der Waals surface area contributed by atoms with Gasteiger partial charge in [-0.25, -0.2) is 9.78 Å². The zero-order valence-corrected chi connectivity index (χ0v) is 13.8. The quantitative estimate of drug-likeness (QED) is 0.742. The van der Waals surface area contributed by atoms with E-state index in [2.05, 4.69) is 4.98 Å². The first-order chi connectivity index (χ1) is 11.2. The maximum Gasteiger partial charge on any atom is 0.347 e. The Hall–Kier alpha value is -2.40. The van der Waals surface area contributed by atoms with Gasteiger partial charge in [0, 0.05) is 0 Å². The topological polar surface area (TPSA) is 59.4 Å². The predicted molar refractivity (Wildman–Crippen MR) is 92.6 cm³/mol. The molecule has 0 spiro atoms. The van der Waals surface area contributed by atoms with E-state index in [1.165, 1.54) is 11.3 Å². The minimum Gasteiger partial charge on any atom is -0.493 e. The largest absolute Gasteiger partial charge is 0.493 e. The summed E-state index contributed by atoms with van der Waals surface area (Å²) in [6.45, 7) is 4.39. The molecule has 0 saturated carbocycles. The van der Waals surface area contributed by atoms with Gasteiger partial charge >= 0.3 is 5.97 Å². The molecule has 23 heavy (non-hydrogen) atoms. The van der Waals surface area contributed by atoms with Crippen molar-refractivity contribution in [2.75, 3.05) is 6.61 Å². The molecule has 1 heterocycles. The zero-order valence-electron chi connectivity index (χ0n) is 13.0. The van der Waals surface area contributed by atoms with Crippen molar-refractivity contribution in [2.24, 2.45) is 0 Å². The van der Waals surface area contributed by atoms with Crippen molar-refractivity contribution in [1.82, 2.24) is 4.98 Å². The highest BCUT2D eigenvalue weighted by Gasteiger charge is 2.20. The normalized spacial score (nSPS) is 10.9. The lowest BCUT2D eigenvalue weighted by atomic mass is 10.0. The van der Waals surface area contributed by atoms with Crippen LogP contribution in [0.15, 0.2) is 36.4 Å². The van der Waals surface area contributed by atoms with E-state index in [0.29, 0.717) is 28.6 Å². The standard InChI is InChI=1S/C18H17NO3S/c1-3-13-16(18(20)21)23-17(19-13)15-12-8-6-5-7-11(12)9-10-14(15)22-4-2/h5-10H,3-4H2,1-2H3,(H,20,21). The molecule has 0 bridgehead atoms. The summed E-state index contributed by atoms with van der Waals surface area (Å²) in [7, 11) is 0. The molecule has 0 aliphatic rings. The summed E-state index contributed by atoms with van der Waals surface area (Å²) in [5.74, 6) is -0.191. The first-order valence-electron chi connectivity index (χ1n) is 7.53. The summed E-state index contributed by atoms with van der Waals surface area (Å²) < 4.78 is 5.76. The van der Waals surface area contributed by atoms with Crippen molar-refractivity contribution in [1.29, 1.82) is 0 Å². The highest BCUT2D eigenvalue weighted by Crippen LogP contribution is 2.40. The number of carboxylic acid groups (broad SMARTS) is 1. The van der Waals surface area contributed by atoms with Crippen molar-refractivity contribution in [3.8, 4) is 16.3 Å². The van der Waals surface area contributed by atoms with Crippen LogP contribution in [0.2, 0.25) is 0 Å². The summed E-state index contributed by atoms with van der Waals surface area (Å²) in [5.41, 5.74) is 1.49. The number of aromatic carboxylic acids is 1. The monoisotopic (exact) mass is 327 g/mol. The maximum absolute atomic E-state index is 11.4. The Bertz CT molecular complexity index is 870. The van der Waals surface area contributed by atoms with Crippen molar-refractivity contribution in [3.63, 3.8) is 0 Å². The van der Waals surface area contributed by atoms with Gasteiger partial charge in [-0.3, -0.25) is 0 Å². The first-order valence-corrected chi connectivity index (χ1v) is 8.35. The van der Waals surface area contributed by atoms with Gasteiger partial charge in [-0.15, -0.1) is 11.3 Å². The number of ether oxygens (including phenoxy) is 1. The molecule has 2 aromatic carbocycles. The molecule has 5 heteroatoms. The van der Waals surface area contributed by atoms with E-state index in [-0.39, 0.29) is 0 Å². The fourth-order valence-electron chi connectivity index (χ4n) is 2.61. The van der Waals surface area contributed by atoms with Gasteiger partial charge in [0.1, 0.15) is 15.6 Å². The minimum atomic E-state index is -0.927. The molecule has 0 amide bonds. The third-order valence-corrected chi connectivity index (χ3v) is 4.73. The third-order valence-electron chi connectivity index (χ3n) is 3.63. The van der Waals surface area contributed by atoms with Gasteiger partial charge < -0.3 is 9.84 Å². The molecule has 3 rings (SSSR count). The van der Waals surface area contributed by atoms with E-state index >= 15 is 0 Å². The van der Waals surface area contributed by atoms with Crippen LogP contribution in [0.4, 0.5) is 0 Å². The molecule has 0 saturated heterocycles. The lowest BCUT2D eigenvalue weighted by molar-refractivity contribution is 0.0701. The lowest BCUT2D eigenvalue weighted by Crippen LogP contribution is -1.97. The molecule has 1 N–H and O–H groups in total. The number of carboxylic acids is 1. The Morgan fingerprint density at radius 2 is 2.00 bits per heavy atom. The molecule has 0 aliphatic heterocycles. The molecule has 3 aromatic rings. The number of fused-ring (bicyclic) bond motifs is 1. The van der Waals surface area contributed by atoms with Crippen molar-refractivity contribution in [2.45, 2.75) is 20.3 Å². The van der Waals surface area contributed by atoms with Crippen LogP contribution < -0.4 is 4.74 Å². The van der Waals surface area contributed by atoms with Crippen LogP contribution in [-0.2, 0) is 6.42 Å². The average Bonchev–Trinajstić information content (AvgIpc) is 2.99. The molecule has 118 valence electrons. The average molecular weight is 327 g/mol. The number of hydrogen-bond acceptors (Lipinski definition) is 4. The fraction of sp³-hybridized carbons (Fsp3) is 0.222. The van der Waals surface area contributed by atoms with Crippen LogP contribution in [0.5, 0.6) is 5.75 Å². The Morgan fingerprint density at radius 3 is 2.65 bits per heavy atom. The molecular formula is C18H17NO3S. The molecule has 0 aliphatic carbocycles. The van der Waals surface area contributed by atoms with Gasteiger partial charge in [-0.1, -0.05) is 37.3 Å². The van der Waals surface area contributed by atoms with Gasteiger partial charge in [-0.2, -0.15) is 0 Å². The third kappa shape index (κ3) is 2.80. The zero-order chi connectivity index (χ0) is 16.4. The summed E-state index contributed by atoms with van der Waals surface area (Å²) in [6, 6.07) is 11.9. The number of hydrogen-bond donors (Lipinski definition) is 1. The van der Waals surface area contributed by atoms with Gasteiger partial charge in [0.15, 0.2) is 0 Å². The minimum absolute atomic E-state index is 0.304. The predicted octanol–water partition coefficient (Wildman–Crippen LogP) is 4.62. The molecular weight excluding hydrogens is 310 g/mol.